The van der Waals surface area contributed by atoms with E-state index in [1.54, 1.807) is 47.3 Å². The summed E-state index contributed by atoms with van der Waals surface area (Å²) in [4.78, 5) is 3.83. The summed E-state index contributed by atoms with van der Waals surface area (Å²) in [5.74, 6) is -5.89. The van der Waals surface area contributed by atoms with E-state index in [9.17, 15) is 31.4 Å². The molecule has 0 aliphatic rings. The number of nitrogens with zero attached hydrogens (tertiary/aromatic N) is 4. The van der Waals surface area contributed by atoms with Gasteiger partial charge in [0.1, 0.15) is 35.6 Å². The third kappa shape index (κ3) is 6.62. The van der Waals surface area contributed by atoms with E-state index in [0.29, 0.717) is 11.6 Å². The third-order valence-electron chi connectivity index (χ3n) is 5.64. The van der Waals surface area contributed by atoms with Gasteiger partial charge in [-0.15, -0.1) is 0 Å². The number of benzene rings is 2. The lowest BCUT2D eigenvalue weighted by atomic mass is 9.92. The zero-order chi connectivity index (χ0) is 27.3. The Morgan fingerprint density at radius 3 is 2.37 bits per heavy atom. The molecule has 0 bridgehead atoms. The van der Waals surface area contributed by atoms with Gasteiger partial charge in [-0.25, -0.2) is 27.2 Å². The fraction of sp³-hybridized carbons (Fsp3) is 0.231. The van der Waals surface area contributed by atoms with E-state index in [-0.39, 0.29) is 24.4 Å². The Bertz CT molecular complexity index is 1370. The van der Waals surface area contributed by atoms with Gasteiger partial charge >= 0.3 is 12.3 Å². The lowest BCUT2D eigenvalue weighted by molar-refractivity contribution is -0.148. The maximum Gasteiger partial charge on any atom is 0.340 e. The molecule has 4 rings (SSSR count). The van der Waals surface area contributed by atoms with Crippen molar-refractivity contribution < 1.29 is 36.2 Å². The number of ether oxygens (including phenoxy) is 1. The third-order valence-corrected chi connectivity index (χ3v) is 5.64. The topological polar surface area (TPSA) is 65.1 Å². The molecule has 12 heteroatoms. The predicted molar refractivity (Wildman–Crippen MR) is 127 cm³/mol. The molecule has 0 fully saturated rings. The van der Waals surface area contributed by atoms with Gasteiger partial charge in [0.15, 0.2) is 6.61 Å². The molecule has 1 unspecified atom stereocenters. The van der Waals surface area contributed by atoms with Crippen LogP contribution in [-0.2, 0) is 18.7 Å². The second kappa shape index (κ2) is 11.1. The van der Waals surface area contributed by atoms with Gasteiger partial charge in [0.05, 0.1) is 13.1 Å². The molecule has 0 spiro atoms. The summed E-state index contributed by atoms with van der Waals surface area (Å²) in [6.07, 6.45) is 5.67. The van der Waals surface area contributed by atoms with Crippen molar-refractivity contribution in [1.29, 1.82) is 0 Å². The fourth-order valence-corrected chi connectivity index (χ4v) is 3.74. The number of aliphatic hydroxyl groups is 1. The lowest BCUT2D eigenvalue weighted by Crippen LogP contribution is -2.37. The van der Waals surface area contributed by atoms with Crippen molar-refractivity contribution >= 4 is 12.2 Å². The Morgan fingerprint density at radius 2 is 1.71 bits per heavy atom. The van der Waals surface area contributed by atoms with E-state index in [2.05, 4.69) is 10.1 Å². The van der Waals surface area contributed by atoms with Gasteiger partial charge in [-0.3, -0.25) is 0 Å². The van der Waals surface area contributed by atoms with Gasteiger partial charge < -0.3 is 14.4 Å². The normalized spacial score (nSPS) is 13.8. The van der Waals surface area contributed by atoms with Crippen LogP contribution in [0.25, 0.3) is 12.2 Å². The first kappa shape index (κ1) is 27.0. The van der Waals surface area contributed by atoms with Crippen LogP contribution in [0.5, 0.6) is 5.75 Å². The molecule has 2 aromatic heterocycles. The smallest absolute Gasteiger partial charge is 0.340 e. The van der Waals surface area contributed by atoms with Gasteiger partial charge in [0.2, 0.25) is 0 Å². The molecule has 0 aliphatic carbocycles. The van der Waals surface area contributed by atoms with Gasteiger partial charge in [-0.1, -0.05) is 30.4 Å². The standard InChI is InChI=1S/C26H22F6N4O2/c27-20-5-8-22(23(28)11-20)25(37,14-36-17-33-16-34-36)13-35-10-9-19(12-35)2-1-18-3-6-21(7-4-18)38-15-26(31,32)24(29)30/h1-12,16-17,24,37H,13-15H2/b2-1+. The van der Waals surface area contributed by atoms with Crippen LogP contribution in [-0.4, -0.2) is 43.4 Å². The molecule has 1 atom stereocenters. The van der Waals surface area contributed by atoms with Crippen molar-refractivity contribution in [1.82, 2.24) is 19.3 Å². The summed E-state index contributed by atoms with van der Waals surface area (Å²) in [5.41, 5.74) is -0.484. The summed E-state index contributed by atoms with van der Waals surface area (Å²) in [6.45, 7) is -1.66. The molecule has 0 saturated carbocycles. The Kier molecular flexibility index (Phi) is 7.91. The molecule has 200 valence electrons. The molecule has 2 aromatic carbocycles. The van der Waals surface area contributed by atoms with Gasteiger partial charge in [0, 0.05) is 24.0 Å². The number of aromatic nitrogens is 4. The summed E-state index contributed by atoms with van der Waals surface area (Å²) >= 11 is 0. The molecule has 2 heterocycles. The minimum Gasteiger partial charge on any atom is -0.487 e. The van der Waals surface area contributed by atoms with Crippen LogP contribution in [0.1, 0.15) is 16.7 Å². The van der Waals surface area contributed by atoms with Crippen LogP contribution in [0.15, 0.2) is 73.6 Å². The van der Waals surface area contributed by atoms with Crippen molar-refractivity contribution in [3.63, 3.8) is 0 Å². The molecule has 38 heavy (non-hydrogen) atoms. The van der Waals surface area contributed by atoms with Crippen LogP contribution in [0.2, 0.25) is 0 Å². The summed E-state index contributed by atoms with van der Waals surface area (Å²) in [7, 11) is 0. The molecule has 0 saturated heterocycles. The Morgan fingerprint density at radius 1 is 0.974 bits per heavy atom. The van der Waals surface area contributed by atoms with Crippen LogP contribution < -0.4 is 4.74 Å². The highest BCUT2D eigenvalue weighted by molar-refractivity contribution is 5.69. The summed E-state index contributed by atoms with van der Waals surface area (Å²) in [5, 5.41) is 15.4. The Balaban J connectivity index is 1.45. The highest BCUT2D eigenvalue weighted by Crippen LogP contribution is 2.29. The van der Waals surface area contributed by atoms with Crippen LogP contribution in [0.4, 0.5) is 26.3 Å². The highest BCUT2D eigenvalue weighted by atomic mass is 19.3. The van der Waals surface area contributed by atoms with Crippen LogP contribution in [0, 0.1) is 11.6 Å². The predicted octanol–water partition coefficient (Wildman–Crippen LogP) is 5.40. The maximum absolute atomic E-state index is 14.6. The second-order valence-corrected chi connectivity index (χ2v) is 8.62. The van der Waals surface area contributed by atoms with Crippen molar-refractivity contribution in [2.24, 2.45) is 0 Å². The second-order valence-electron chi connectivity index (χ2n) is 8.62. The van der Waals surface area contributed by atoms with Gasteiger partial charge in [-0.2, -0.15) is 13.9 Å². The molecule has 0 amide bonds. The zero-order valence-corrected chi connectivity index (χ0v) is 19.7. The van der Waals surface area contributed by atoms with Crippen molar-refractivity contribution in [3.05, 3.63) is 102 Å². The van der Waals surface area contributed by atoms with Crippen LogP contribution >= 0.6 is 0 Å². The maximum atomic E-state index is 14.6. The molecular weight excluding hydrogens is 514 g/mol. The van der Waals surface area contributed by atoms with Gasteiger partial charge in [0.25, 0.3) is 0 Å². The van der Waals surface area contributed by atoms with Crippen LogP contribution in [0.3, 0.4) is 0 Å². The first-order valence-corrected chi connectivity index (χ1v) is 11.3. The Labute approximate surface area is 213 Å². The largest absolute Gasteiger partial charge is 0.487 e. The average Bonchev–Trinajstić information content (AvgIpc) is 3.53. The minimum atomic E-state index is -4.24. The molecule has 0 radical (unpaired) electrons. The summed E-state index contributed by atoms with van der Waals surface area (Å²) < 4.78 is 86.3. The number of hydrogen-bond acceptors (Lipinski definition) is 4. The molecule has 4 aromatic rings. The number of halogens is 6. The lowest BCUT2D eigenvalue weighted by Gasteiger charge is -2.29. The quantitative estimate of drug-likeness (QED) is 0.261. The number of rotatable bonds is 11. The molecule has 6 nitrogen and oxygen atoms in total. The van der Waals surface area contributed by atoms with E-state index in [1.807, 2.05) is 0 Å². The van der Waals surface area contributed by atoms with E-state index in [0.717, 1.165) is 11.6 Å². The van der Waals surface area contributed by atoms with Crippen molar-refractivity contribution in [3.8, 4) is 5.75 Å². The van der Waals surface area contributed by atoms with Gasteiger partial charge in [-0.05, 0) is 35.4 Å². The van der Waals surface area contributed by atoms with Crippen molar-refractivity contribution in [2.45, 2.75) is 31.0 Å². The molecular formula is C26H22F6N4O2. The highest BCUT2D eigenvalue weighted by Gasteiger charge is 2.41. The zero-order valence-electron chi connectivity index (χ0n) is 19.7. The van der Waals surface area contributed by atoms with E-state index in [1.165, 1.54) is 35.5 Å². The van der Waals surface area contributed by atoms with E-state index in [4.69, 9.17) is 4.74 Å². The Hall–Kier alpha value is -4.06. The SMILES string of the molecule is OC(Cn1ccc(/C=C/c2ccc(OCC(F)(F)C(F)F)cc2)c1)(Cn1cncn1)c1ccc(F)cc1F. The van der Waals surface area contributed by atoms with E-state index >= 15 is 0 Å². The average molecular weight is 536 g/mol. The fourth-order valence-electron chi connectivity index (χ4n) is 3.74. The summed E-state index contributed by atoms with van der Waals surface area (Å²) in [6, 6.07) is 10.6. The number of hydrogen-bond donors (Lipinski definition) is 1. The first-order valence-electron chi connectivity index (χ1n) is 11.3. The molecule has 0 aliphatic heterocycles. The number of alkyl halides is 4. The monoisotopic (exact) mass is 536 g/mol. The minimum absolute atomic E-state index is 0.0216. The van der Waals surface area contributed by atoms with Crippen molar-refractivity contribution in [2.75, 3.05) is 6.61 Å². The first-order chi connectivity index (χ1) is 18.0. The molecule has 1 N–H and O–H groups in total. The van der Waals surface area contributed by atoms with E-state index < -0.39 is 36.2 Å².